The van der Waals surface area contributed by atoms with Crippen LogP contribution in [0.5, 0.6) is 0 Å². The molecule has 2 unspecified atom stereocenters. The molecule has 0 heterocycles. The molecule has 0 aliphatic carbocycles. The molecule has 0 saturated carbocycles. The van der Waals surface area contributed by atoms with E-state index in [9.17, 15) is 43.2 Å². The second-order valence-electron chi connectivity index (χ2n) is 22.3. The number of esters is 4. The molecule has 0 aliphatic rings. The van der Waals surface area contributed by atoms with Crippen molar-refractivity contribution >= 4 is 39.5 Å². The van der Waals surface area contributed by atoms with Crippen molar-refractivity contribution in [2.75, 3.05) is 39.6 Å². The Morgan fingerprint density at radius 1 is 0.346 bits per heavy atom. The average Bonchev–Trinajstić information content (AvgIpc) is 3.39. The monoisotopic (exact) mass is 1160 g/mol. The molecule has 5 atom stereocenters. The van der Waals surface area contributed by atoms with Gasteiger partial charge < -0.3 is 33.8 Å². The smallest absolute Gasteiger partial charge is 0.462 e. The summed E-state index contributed by atoms with van der Waals surface area (Å²) in [5.41, 5.74) is 0. The quantitative estimate of drug-likeness (QED) is 0.0222. The molecule has 0 aromatic rings. The Labute approximate surface area is 473 Å². The van der Waals surface area contributed by atoms with E-state index in [0.29, 0.717) is 25.7 Å². The maximum Gasteiger partial charge on any atom is 0.472 e. The lowest BCUT2D eigenvalue weighted by Gasteiger charge is -2.21. The molecule has 0 radical (unpaired) electrons. The summed E-state index contributed by atoms with van der Waals surface area (Å²) in [6, 6.07) is 0. The van der Waals surface area contributed by atoms with E-state index in [2.05, 4.69) is 41.5 Å². The highest BCUT2D eigenvalue weighted by Crippen LogP contribution is 2.45. The van der Waals surface area contributed by atoms with Gasteiger partial charge in [0.2, 0.25) is 0 Å². The number of aliphatic hydroxyl groups excluding tert-OH is 1. The number of carbonyl (C=O) groups excluding carboxylic acids is 4. The summed E-state index contributed by atoms with van der Waals surface area (Å²) in [6.45, 7) is 9.30. The van der Waals surface area contributed by atoms with Crippen LogP contribution in [0.4, 0.5) is 0 Å². The normalized spacial score (nSPS) is 14.4. The molecule has 0 aromatic carbocycles. The highest BCUT2D eigenvalue weighted by Gasteiger charge is 2.30. The molecule has 19 heteroatoms. The van der Waals surface area contributed by atoms with Gasteiger partial charge in [0.05, 0.1) is 26.4 Å². The maximum atomic E-state index is 12.9. The molecular weight excluding hydrogens is 1040 g/mol. The summed E-state index contributed by atoms with van der Waals surface area (Å²) in [6.07, 6.45) is 32.4. The summed E-state index contributed by atoms with van der Waals surface area (Å²) in [4.78, 5) is 71.7. The van der Waals surface area contributed by atoms with Crippen LogP contribution in [0, 0.1) is 11.8 Å². The van der Waals surface area contributed by atoms with Gasteiger partial charge in [-0.2, -0.15) is 0 Å². The molecule has 0 amide bonds. The third kappa shape index (κ3) is 53.4. The van der Waals surface area contributed by atoms with E-state index >= 15 is 0 Å². The third-order valence-electron chi connectivity index (χ3n) is 13.5. The predicted octanol–water partition coefficient (Wildman–Crippen LogP) is 15.7. The predicted molar refractivity (Wildman–Crippen MR) is 308 cm³/mol. The molecule has 0 rings (SSSR count). The zero-order chi connectivity index (χ0) is 58.0. The minimum Gasteiger partial charge on any atom is -0.462 e. The Balaban J connectivity index is 5.19. The summed E-state index contributed by atoms with van der Waals surface area (Å²) in [5.74, 6) is -0.690. The number of unbranched alkanes of at least 4 members (excludes halogenated alkanes) is 28. The second-order valence-corrected chi connectivity index (χ2v) is 25.2. The van der Waals surface area contributed by atoms with Crippen LogP contribution in [-0.2, 0) is 65.4 Å². The fourth-order valence-electron chi connectivity index (χ4n) is 8.65. The number of phosphoric ester groups is 2. The molecule has 0 bridgehead atoms. The summed E-state index contributed by atoms with van der Waals surface area (Å²) >= 11 is 0. The standard InChI is InChI=1S/C59H114O17P2/c1-7-9-11-13-14-15-18-25-31-37-43-58(63)75-54(47-69-56(61)41-35-27-12-10-8-2)49-73-77(65,66)71-45-53(60)46-72-78(67,68)74-50-55(48-70-57(62)42-36-30-24-21-20-23-29-34-40-52(5)6)76-59(64)44-38-32-26-19-16-17-22-28-33-39-51(3)4/h51-55,60H,7-50H2,1-6H3,(H,65,66)(H,67,68)/t53-,54+,55+/m0/s1. The van der Waals surface area contributed by atoms with Gasteiger partial charge in [-0.1, -0.05) is 234 Å². The first-order valence-corrected chi connectivity index (χ1v) is 34.0. The first kappa shape index (κ1) is 76.1. The van der Waals surface area contributed by atoms with Crippen molar-refractivity contribution in [1.29, 1.82) is 0 Å². The highest BCUT2D eigenvalue weighted by molar-refractivity contribution is 7.47. The molecule has 78 heavy (non-hydrogen) atoms. The lowest BCUT2D eigenvalue weighted by atomic mass is 10.0. The van der Waals surface area contributed by atoms with E-state index in [4.69, 9.17) is 37.0 Å². The Morgan fingerprint density at radius 3 is 0.872 bits per heavy atom. The first-order valence-electron chi connectivity index (χ1n) is 31.0. The van der Waals surface area contributed by atoms with E-state index in [-0.39, 0.29) is 25.7 Å². The van der Waals surface area contributed by atoms with Crippen molar-refractivity contribution < 1.29 is 80.2 Å². The summed E-state index contributed by atoms with van der Waals surface area (Å²) < 4.78 is 67.6. The van der Waals surface area contributed by atoms with Gasteiger partial charge in [0.1, 0.15) is 19.3 Å². The van der Waals surface area contributed by atoms with Crippen molar-refractivity contribution in [2.45, 2.75) is 304 Å². The number of ether oxygens (including phenoxy) is 4. The van der Waals surface area contributed by atoms with Crippen molar-refractivity contribution in [1.82, 2.24) is 0 Å². The summed E-state index contributed by atoms with van der Waals surface area (Å²) in [5, 5.41) is 10.5. The Hall–Kier alpha value is -1.94. The summed E-state index contributed by atoms with van der Waals surface area (Å²) in [7, 11) is -9.87. The van der Waals surface area contributed by atoms with E-state index < -0.39 is 97.5 Å². The van der Waals surface area contributed by atoms with Gasteiger partial charge >= 0.3 is 39.5 Å². The topological polar surface area (TPSA) is 237 Å². The van der Waals surface area contributed by atoms with Crippen LogP contribution in [0.3, 0.4) is 0 Å². The Bertz CT molecular complexity index is 1550. The lowest BCUT2D eigenvalue weighted by molar-refractivity contribution is -0.161. The Kier molecular flexibility index (Phi) is 50.6. The van der Waals surface area contributed by atoms with Gasteiger partial charge in [-0.3, -0.25) is 37.3 Å². The van der Waals surface area contributed by atoms with E-state index in [1.807, 2.05) is 0 Å². The van der Waals surface area contributed by atoms with E-state index in [1.165, 1.54) is 96.3 Å². The number of rotatable bonds is 58. The molecule has 0 fully saturated rings. The van der Waals surface area contributed by atoms with Crippen LogP contribution < -0.4 is 0 Å². The number of hydrogen-bond donors (Lipinski definition) is 3. The fraction of sp³-hybridized carbons (Fsp3) is 0.932. The van der Waals surface area contributed by atoms with Crippen molar-refractivity contribution in [3.8, 4) is 0 Å². The van der Waals surface area contributed by atoms with Crippen LogP contribution in [0.15, 0.2) is 0 Å². The second kappa shape index (κ2) is 51.9. The van der Waals surface area contributed by atoms with Crippen LogP contribution >= 0.6 is 15.6 Å². The molecule has 0 saturated heterocycles. The number of hydrogen-bond acceptors (Lipinski definition) is 15. The number of aliphatic hydroxyl groups is 1. The van der Waals surface area contributed by atoms with Crippen molar-refractivity contribution in [3.05, 3.63) is 0 Å². The fourth-order valence-corrected chi connectivity index (χ4v) is 10.2. The maximum absolute atomic E-state index is 12.9. The Morgan fingerprint density at radius 2 is 0.590 bits per heavy atom. The van der Waals surface area contributed by atoms with Gasteiger partial charge in [-0.25, -0.2) is 9.13 Å². The van der Waals surface area contributed by atoms with Crippen LogP contribution in [0.1, 0.15) is 286 Å². The minimum absolute atomic E-state index is 0.104. The van der Waals surface area contributed by atoms with Gasteiger partial charge in [-0.05, 0) is 37.5 Å². The van der Waals surface area contributed by atoms with Crippen LogP contribution in [-0.4, -0.2) is 96.7 Å². The first-order chi connectivity index (χ1) is 37.4. The highest BCUT2D eigenvalue weighted by atomic mass is 31.2. The van der Waals surface area contributed by atoms with Gasteiger partial charge in [0, 0.05) is 25.7 Å². The molecule has 3 N–H and O–H groups in total. The molecule has 462 valence electrons. The van der Waals surface area contributed by atoms with Crippen LogP contribution in [0.25, 0.3) is 0 Å². The van der Waals surface area contributed by atoms with Crippen LogP contribution in [0.2, 0.25) is 0 Å². The van der Waals surface area contributed by atoms with E-state index in [0.717, 1.165) is 108 Å². The minimum atomic E-state index is -4.94. The van der Waals surface area contributed by atoms with Gasteiger partial charge in [-0.15, -0.1) is 0 Å². The van der Waals surface area contributed by atoms with Crippen molar-refractivity contribution in [2.24, 2.45) is 11.8 Å². The zero-order valence-electron chi connectivity index (χ0n) is 50.0. The largest absolute Gasteiger partial charge is 0.472 e. The molecule has 0 aliphatic heterocycles. The molecule has 17 nitrogen and oxygen atoms in total. The van der Waals surface area contributed by atoms with Gasteiger partial charge in [0.25, 0.3) is 0 Å². The number of carbonyl (C=O) groups is 4. The average molecular weight is 1160 g/mol. The number of phosphoric acid groups is 2. The molecule has 0 aromatic heterocycles. The van der Waals surface area contributed by atoms with Crippen molar-refractivity contribution in [3.63, 3.8) is 0 Å². The lowest BCUT2D eigenvalue weighted by Crippen LogP contribution is -2.30. The SMILES string of the molecule is CCCCCCCCCCCCC(=O)O[C@H](COC(=O)CCCCCCC)COP(=O)(O)OC[C@H](O)COP(=O)(O)OC[C@@H](COC(=O)CCCCCCCCCCC(C)C)OC(=O)CCCCCCCCCCCC(C)C. The molecular formula is C59H114O17P2. The van der Waals surface area contributed by atoms with Gasteiger partial charge in [0.15, 0.2) is 12.2 Å². The zero-order valence-corrected chi connectivity index (χ0v) is 51.7. The molecule has 0 spiro atoms. The van der Waals surface area contributed by atoms with E-state index in [1.54, 1.807) is 0 Å². The third-order valence-corrected chi connectivity index (χ3v) is 15.4.